The zero-order valence-electron chi connectivity index (χ0n) is 11.9. The number of carbonyl (C=O) groups excluding carboxylic acids is 1. The first-order chi connectivity index (χ1) is 10.5. The summed E-state index contributed by atoms with van der Waals surface area (Å²) in [5.74, 6) is 0.402. The van der Waals surface area contributed by atoms with Crippen LogP contribution >= 0.6 is 35.0 Å². The molecule has 2 heterocycles. The van der Waals surface area contributed by atoms with Gasteiger partial charge in [-0.1, -0.05) is 41.0 Å². The summed E-state index contributed by atoms with van der Waals surface area (Å²) in [6, 6.07) is 5.16. The van der Waals surface area contributed by atoms with Gasteiger partial charge in [0.2, 0.25) is 0 Å². The zero-order valence-corrected chi connectivity index (χ0v) is 14.2. The minimum Gasteiger partial charge on any atom is -0.341 e. The van der Waals surface area contributed by atoms with Crippen LogP contribution in [-0.4, -0.2) is 35.8 Å². The number of benzene rings is 1. The van der Waals surface area contributed by atoms with Crippen molar-refractivity contribution < 1.29 is 4.79 Å². The lowest BCUT2D eigenvalue weighted by atomic mass is 10.2. The van der Waals surface area contributed by atoms with Crippen LogP contribution in [0.4, 0.5) is 11.5 Å². The molecule has 0 saturated heterocycles. The van der Waals surface area contributed by atoms with Crippen molar-refractivity contribution in [3.63, 3.8) is 0 Å². The van der Waals surface area contributed by atoms with Crippen molar-refractivity contribution in [3.05, 3.63) is 40.0 Å². The third-order valence-corrected chi connectivity index (χ3v) is 4.50. The molecule has 0 spiro atoms. The molecule has 0 fully saturated rings. The first-order valence-electron chi connectivity index (χ1n) is 6.41. The van der Waals surface area contributed by atoms with E-state index in [1.807, 2.05) is 18.2 Å². The number of fused-ring (bicyclic) bond motifs is 1. The van der Waals surface area contributed by atoms with Gasteiger partial charge in [-0.3, -0.25) is 9.69 Å². The molecule has 22 heavy (non-hydrogen) atoms. The number of thioether (sulfide) groups is 1. The lowest BCUT2D eigenvalue weighted by Crippen LogP contribution is -2.46. The molecule has 0 aliphatic carbocycles. The van der Waals surface area contributed by atoms with Gasteiger partial charge in [-0.25, -0.2) is 9.97 Å². The van der Waals surface area contributed by atoms with Crippen LogP contribution < -0.4 is 9.80 Å². The third-order valence-electron chi connectivity index (χ3n) is 3.33. The molecule has 0 unspecified atom stereocenters. The number of amides is 1. The molecule has 1 aliphatic rings. The maximum absolute atomic E-state index is 12.8. The summed E-state index contributed by atoms with van der Waals surface area (Å²) < 4.78 is 0. The van der Waals surface area contributed by atoms with E-state index in [0.29, 0.717) is 38.9 Å². The highest BCUT2D eigenvalue weighted by Crippen LogP contribution is 2.37. The molecule has 0 N–H and O–H groups in total. The third kappa shape index (κ3) is 2.51. The summed E-state index contributed by atoms with van der Waals surface area (Å²) in [5.41, 5.74) is 0.935. The normalized spacial score (nSPS) is 14.3. The van der Waals surface area contributed by atoms with E-state index in [4.69, 9.17) is 23.2 Å². The molecule has 1 aromatic heterocycles. The Kier molecular flexibility index (Phi) is 4.16. The number of rotatable bonds is 2. The number of hydrogen-bond donors (Lipinski definition) is 0. The van der Waals surface area contributed by atoms with Crippen LogP contribution in [-0.2, 0) is 0 Å². The Balaban J connectivity index is 2.09. The standard InChI is InChI=1S/C14H12Cl2N4OS/c1-19-7-20(11-9(15)4-3-5-10(11)16)13(21)8-6-17-14(22-2)18-12(8)19/h3-6H,7H2,1-2H3. The van der Waals surface area contributed by atoms with Crippen LogP contribution in [0.25, 0.3) is 0 Å². The van der Waals surface area contributed by atoms with Gasteiger partial charge in [0.1, 0.15) is 11.4 Å². The van der Waals surface area contributed by atoms with Gasteiger partial charge in [-0.2, -0.15) is 0 Å². The SMILES string of the molecule is CSc1ncc2c(n1)N(C)CN(c1c(Cl)cccc1Cl)C2=O. The highest BCUT2D eigenvalue weighted by molar-refractivity contribution is 7.98. The number of anilines is 2. The van der Waals surface area contributed by atoms with E-state index in [1.165, 1.54) is 16.7 Å². The molecule has 114 valence electrons. The average Bonchev–Trinajstić information content (AvgIpc) is 2.51. The molecular weight excluding hydrogens is 343 g/mol. The molecule has 1 aromatic carbocycles. The van der Waals surface area contributed by atoms with Gasteiger partial charge in [0.15, 0.2) is 5.16 Å². The van der Waals surface area contributed by atoms with E-state index in [9.17, 15) is 4.79 Å². The molecule has 0 saturated carbocycles. The van der Waals surface area contributed by atoms with Gasteiger partial charge in [0, 0.05) is 13.2 Å². The summed E-state index contributed by atoms with van der Waals surface area (Å²) in [6.45, 7) is 0.320. The molecule has 1 amide bonds. The Morgan fingerprint density at radius 2 is 1.95 bits per heavy atom. The lowest BCUT2D eigenvalue weighted by Gasteiger charge is -2.35. The molecule has 0 radical (unpaired) electrons. The van der Waals surface area contributed by atoms with Gasteiger partial charge in [-0.15, -0.1) is 0 Å². The fourth-order valence-electron chi connectivity index (χ4n) is 2.31. The monoisotopic (exact) mass is 354 g/mol. The van der Waals surface area contributed by atoms with Gasteiger partial charge in [0.25, 0.3) is 5.91 Å². The fourth-order valence-corrected chi connectivity index (χ4v) is 3.24. The molecule has 1 aliphatic heterocycles. The zero-order chi connectivity index (χ0) is 15.9. The quantitative estimate of drug-likeness (QED) is 0.609. The maximum atomic E-state index is 12.8. The number of nitrogens with zero attached hydrogens (tertiary/aromatic N) is 4. The van der Waals surface area contributed by atoms with Gasteiger partial charge >= 0.3 is 0 Å². The lowest BCUT2D eigenvalue weighted by molar-refractivity contribution is 0.0981. The minimum atomic E-state index is -0.212. The van der Waals surface area contributed by atoms with Crippen molar-refractivity contribution >= 4 is 52.4 Å². The predicted octanol–water partition coefficient (Wildman–Crippen LogP) is 3.56. The number of halogens is 2. The Bertz CT molecular complexity index is 735. The summed E-state index contributed by atoms with van der Waals surface area (Å²) >= 11 is 13.9. The van der Waals surface area contributed by atoms with Crippen molar-refractivity contribution in [1.82, 2.24) is 9.97 Å². The highest BCUT2D eigenvalue weighted by Gasteiger charge is 2.32. The second kappa shape index (κ2) is 5.95. The molecule has 0 bridgehead atoms. The molecular formula is C14H12Cl2N4OS. The van der Waals surface area contributed by atoms with Crippen molar-refractivity contribution in [2.45, 2.75) is 5.16 Å². The summed E-state index contributed by atoms with van der Waals surface area (Å²) in [4.78, 5) is 24.8. The van der Waals surface area contributed by atoms with E-state index in [0.717, 1.165) is 0 Å². The van der Waals surface area contributed by atoms with Crippen molar-refractivity contribution in [2.24, 2.45) is 0 Å². The maximum Gasteiger partial charge on any atom is 0.265 e. The van der Waals surface area contributed by atoms with E-state index >= 15 is 0 Å². The minimum absolute atomic E-state index is 0.212. The molecule has 8 heteroatoms. The van der Waals surface area contributed by atoms with Gasteiger partial charge in [-0.05, 0) is 18.4 Å². The number of aromatic nitrogens is 2. The van der Waals surface area contributed by atoms with Crippen LogP contribution in [0.3, 0.4) is 0 Å². The number of para-hydroxylation sites is 1. The van der Waals surface area contributed by atoms with Crippen LogP contribution in [0, 0.1) is 0 Å². The summed E-state index contributed by atoms with van der Waals surface area (Å²) in [6.07, 6.45) is 3.44. The largest absolute Gasteiger partial charge is 0.341 e. The van der Waals surface area contributed by atoms with Crippen LogP contribution in [0.1, 0.15) is 10.4 Å². The first kappa shape index (κ1) is 15.4. The van der Waals surface area contributed by atoms with Crippen LogP contribution in [0.5, 0.6) is 0 Å². The van der Waals surface area contributed by atoms with Crippen LogP contribution in [0.15, 0.2) is 29.6 Å². The van der Waals surface area contributed by atoms with E-state index in [-0.39, 0.29) is 5.91 Å². The molecule has 3 rings (SSSR count). The van der Waals surface area contributed by atoms with E-state index in [2.05, 4.69) is 9.97 Å². The summed E-state index contributed by atoms with van der Waals surface area (Å²) in [7, 11) is 1.86. The Morgan fingerprint density at radius 3 is 2.59 bits per heavy atom. The first-order valence-corrected chi connectivity index (χ1v) is 8.39. The van der Waals surface area contributed by atoms with Crippen molar-refractivity contribution in [2.75, 3.05) is 29.8 Å². The van der Waals surface area contributed by atoms with Crippen molar-refractivity contribution in [1.29, 1.82) is 0 Å². The van der Waals surface area contributed by atoms with E-state index in [1.54, 1.807) is 24.4 Å². The molecule has 5 nitrogen and oxygen atoms in total. The van der Waals surface area contributed by atoms with E-state index < -0.39 is 0 Å². The Hall–Kier alpha value is -1.50. The molecule has 2 aromatic rings. The van der Waals surface area contributed by atoms with Crippen molar-refractivity contribution in [3.8, 4) is 0 Å². The van der Waals surface area contributed by atoms with Gasteiger partial charge in [0.05, 0.1) is 22.4 Å². The Morgan fingerprint density at radius 1 is 1.27 bits per heavy atom. The van der Waals surface area contributed by atoms with Gasteiger partial charge < -0.3 is 4.90 Å². The number of carbonyl (C=O) groups is 1. The Labute approximate surface area is 142 Å². The second-order valence-corrected chi connectivity index (χ2v) is 6.32. The fraction of sp³-hybridized carbons (Fsp3) is 0.214. The number of hydrogen-bond acceptors (Lipinski definition) is 5. The second-order valence-electron chi connectivity index (χ2n) is 4.74. The summed E-state index contributed by atoms with van der Waals surface area (Å²) in [5, 5.41) is 1.49. The molecule has 0 atom stereocenters. The average molecular weight is 355 g/mol. The topological polar surface area (TPSA) is 49.3 Å². The highest BCUT2D eigenvalue weighted by atomic mass is 35.5. The smallest absolute Gasteiger partial charge is 0.265 e. The van der Waals surface area contributed by atoms with Crippen LogP contribution in [0.2, 0.25) is 10.0 Å². The predicted molar refractivity (Wildman–Crippen MR) is 90.4 cm³/mol.